The van der Waals surface area contributed by atoms with E-state index >= 15 is 0 Å². The van der Waals surface area contributed by atoms with E-state index in [0.717, 1.165) is 33.3 Å². The Kier molecular flexibility index (Phi) is 3.15. The summed E-state index contributed by atoms with van der Waals surface area (Å²) in [6.07, 6.45) is 1.28. The largest absolute Gasteiger partial charge is 0.493 e. The maximum atomic E-state index is 11.0. The zero-order valence-corrected chi connectivity index (χ0v) is 12.3. The third-order valence-corrected chi connectivity index (χ3v) is 4.04. The molecule has 0 bridgehead atoms. The molecule has 0 radical (unpaired) electrons. The predicted octanol–water partition coefficient (Wildman–Crippen LogP) is 3.15. The molecular weight excluding hydrogens is 294 g/mol. The second-order valence-electron chi connectivity index (χ2n) is 5.46. The smallest absolute Gasteiger partial charge is 0.405 e. The number of hydrogen-bond donors (Lipinski definition) is 2. The summed E-state index contributed by atoms with van der Waals surface area (Å²) in [5.74, 6) is 0.719. The van der Waals surface area contributed by atoms with Crippen molar-refractivity contribution in [2.24, 2.45) is 5.73 Å². The number of para-hydroxylation sites is 1. The minimum Gasteiger partial charge on any atom is -0.493 e. The van der Waals surface area contributed by atoms with Crippen molar-refractivity contribution >= 4 is 17.0 Å². The van der Waals surface area contributed by atoms with Crippen molar-refractivity contribution in [2.75, 3.05) is 6.61 Å². The molecule has 2 heterocycles. The molecule has 3 N–H and O–H groups in total. The molecule has 2 aromatic carbocycles. The van der Waals surface area contributed by atoms with Gasteiger partial charge in [0.25, 0.3) is 0 Å². The third kappa shape index (κ3) is 2.38. The van der Waals surface area contributed by atoms with E-state index in [1.54, 1.807) is 6.20 Å². The molecule has 1 aliphatic rings. The number of fused-ring (bicyclic) bond motifs is 2. The van der Waals surface area contributed by atoms with Gasteiger partial charge in [-0.3, -0.25) is 5.10 Å². The SMILES string of the molecule is NC(=O)OC1CCOc2cc(-c3cccc4cn[nH]c34)ccc21. The van der Waals surface area contributed by atoms with Crippen molar-refractivity contribution in [1.29, 1.82) is 0 Å². The van der Waals surface area contributed by atoms with Crippen LogP contribution in [-0.2, 0) is 4.74 Å². The van der Waals surface area contributed by atoms with Crippen molar-refractivity contribution in [1.82, 2.24) is 10.2 Å². The third-order valence-electron chi connectivity index (χ3n) is 4.04. The number of aromatic nitrogens is 2. The van der Waals surface area contributed by atoms with E-state index in [1.165, 1.54) is 0 Å². The maximum Gasteiger partial charge on any atom is 0.405 e. The molecule has 4 rings (SSSR count). The average Bonchev–Trinajstić information content (AvgIpc) is 3.02. The fourth-order valence-corrected chi connectivity index (χ4v) is 3.00. The Labute approximate surface area is 132 Å². The summed E-state index contributed by atoms with van der Waals surface area (Å²) < 4.78 is 10.9. The van der Waals surface area contributed by atoms with Crippen LogP contribution in [0.4, 0.5) is 4.79 Å². The lowest BCUT2D eigenvalue weighted by Gasteiger charge is -2.25. The van der Waals surface area contributed by atoms with Gasteiger partial charge in [-0.2, -0.15) is 5.10 Å². The van der Waals surface area contributed by atoms with Crippen LogP contribution < -0.4 is 10.5 Å². The van der Waals surface area contributed by atoms with Crippen LogP contribution in [0.15, 0.2) is 42.6 Å². The molecule has 116 valence electrons. The Morgan fingerprint density at radius 1 is 1.35 bits per heavy atom. The normalized spacial score (nSPS) is 16.6. The number of ether oxygens (including phenoxy) is 2. The Bertz CT molecular complexity index is 888. The van der Waals surface area contributed by atoms with E-state index in [2.05, 4.69) is 10.2 Å². The monoisotopic (exact) mass is 309 g/mol. The van der Waals surface area contributed by atoms with E-state index in [0.29, 0.717) is 13.0 Å². The maximum absolute atomic E-state index is 11.0. The Morgan fingerprint density at radius 3 is 3.13 bits per heavy atom. The summed E-state index contributed by atoms with van der Waals surface area (Å²) >= 11 is 0. The highest BCUT2D eigenvalue weighted by Crippen LogP contribution is 2.38. The molecule has 1 atom stereocenters. The summed E-state index contributed by atoms with van der Waals surface area (Å²) in [7, 11) is 0. The lowest BCUT2D eigenvalue weighted by molar-refractivity contribution is 0.0766. The number of H-pyrrole nitrogens is 1. The van der Waals surface area contributed by atoms with Crippen LogP contribution in [0.25, 0.3) is 22.0 Å². The van der Waals surface area contributed by atoms with Gasteiger partial charge in [0.15, 0.2) is 0 Å². The first-order valence-electron chi connectivity index (χ1n) is 7.37. The Hall–Kier alpha value is -3.02. The van der Waals surface area contributed by atoms with Gasteiger partial charge in [-0.25, -0.2) is 4.79 Å². The second-order valence-corrected chi connectivity index (χ2v) is 5.46. The number of nitrogens with two attached hydrogens (primary N) is 1. The second kappa shape index (κ2) is 5.31. The van der Waals surface area contributed by atoms with Crippen LogP contribution in [0.1, 0.15) is 18.1 Å². The Balaban J connectivity index is 1.78. The number of nitrogens with one attached hydrogen (secondary N) is 1. The molecule has 1 amide bonds. The number of primary amides is 1. The number of benzene rings is 2. The van der Waals surface area contributed by atoms with Gasteiger partial charge in [-0.15, -0.1) is 0 Å². The molecule has 1 aromatic heterocycles. The van der Waals surface area contributed by atoms with Crippen molar-refractivity contribution in [3.63, 3.8) is 0 Å². The van der Waals surface area contributed by atoms with Gasteiger partial charge in [-0.05, 0) is 11.6 Å². The molecule has 23 heavy (non-hydrogen) atoms. The highest BCUT2D eigenvalue weighted by molar-refractivity contribution is 5.93. The van der Waals surface area contributed by atoms with Crippen LogP contribution in [0.3, 0.4) is 0 Å². The number of carbonyl (C=O) groups is 1. The first kappa shape index (κ1) is 13.6. The molecule has 1 unspecified atom stereocenters. The molecule has 0 spiro atoms. The summed E-state index contributed by atoms with van der Waals surface area (Å²) in [4.78, 5) is 11.0. The molecule has 3 aromatic rings. The van der Waals surface area contributed by atoms with Gasteiger partial charge in [0.1, 0.15) is 11.9 Å². The molecular formula is C17H15N3O3. The van der Waals surface area contributed by atoms with Crippen molar-refractivity contribution in [2.45, 2.75) is 12.5 Å². The molecule has 0 saturated heterocycles. The minimum absolute atomic E-state index is 0.353. The first-order valence-corrected chi connectivity index (χ1v) is 7.37. The van der Waals surface area contributed by atoms with Gasteiger partial charge in [0.2, 0.25) is 0 Å². The van der Waals surface area contributed by atoms with E-state index < -0.39 is 6.09 Å². The van der Waals surface area contributed by atoms with Crippen molar-refractivity contribution in [3.8, 4) is 16.9 Å². The standard InChI is InChI=1S/C17H15N3O3/c18-17(21)23-14-6-7-22-15-8-10(4-5-13(14)15)12-3-1-2-11-9-19-20-16(11)12/h1-5,8-9,14H,6-7H2,(H2,18,21)(H,19,20). The summed E-state index contributed by atoms with van der Waals surface area (Å²) in [5, 5.41) is 8.17. The van der Waals surface area contributed by atoms with Crippen LogP contribution >= 0.6 is 0 Å². The number of amides is 1. The zero-order valence-electron chi connectivity index (χ0n) is 12.3. The molecule has 0 aliphatic carbocycles. The summed E-state index contributed by atoms with van der Waals surface area (Å²) in [6.45, 7) is 0.489. The lowest BCUT2D eigenvalue weighted by Crippen LogP contribution is -2.22. The zero-order chi connectivity index (χ0) is 15.8. The van der Waals surface area contributed by atoms with Crippen molar-refractivity contribution in [3.05, 3.63) is 48.2 Å². The molecule has 1 aliphatic heterocycles. The molecule has 6 nitrogen and oxygen atoms in total. The molecule has 0 fully saturated rings. The fourth-order valence-electron chi connectivity index (χ4n) is 3.00. The predicted molar refractivity (Wildman–Crippen MR) is 85.1 cm³/mol. The van der Waals surface area contributed by atoms with Gasteiger partial charge in [-0.1, -0.05) is 30.3 Å². The van der Waals surface area contributed by atoms with Gasteiger partial charge >= 0.3 is 6.09 Å². The van der Waals surface area contributed by atoms with E-state index in [1.807, 2.05) is 36.4 Å². The molecule has 6 heteroatoms. The number of carbonyl (C=O) groups excluding carboxylic acids is 1. The number of aromatic amines is 1. The molecule has 0 saturated carbocycles. The lowest BCUT2D eigenvalue weighted by atomic mass is 9.97. The van der Waals surface area contributed by atoms with Crippen LogP contribution in [-0.4, -0.2) is 22.9 Å². The first-order chi connectivity index (χ1) is 11.2. The van der Waals surface area contributed by atoms with Crippen LogP contribution in [0.2, 0.25) is 0 Å². The fraction of sp³-hybridized carbons (Fsp3) is 0.176. The van der Waals surface area contributed by atoms with Crippen LogP contribution in [0, 0.1) is 0 Å². The summed E-state index contributed by atoms with van der Waals surface area (Å²) in [5.41, 5.74) is 9.02. The van der Waals surface area contributed by atoms with Gasteiger partial charge in [0, 0.05) is 22.9 Å². The quantitative estimate of drug-likeness (QED) is 0.761. The van der Waals surface area contributed by atoms with E-state index in [9.17, 15) is 4.79 Å². The van der Waals surface area contributed by atoms with Crippen molar-refractivity contribution < 1.29 is 14.3 Å². The van der Waals surface area contributed by atoms with Gasteiger partial charge in [0.05, 0.1) is 18.3 Å². The van der Waals surface area contributed by atoms with E-state index in [4.69, 9.17) is 15.2 Å². The average molecular weight is 309 g/mol. The number of nitrogens with zero attached hydrogens (tertiary/aromatic N) is 1. The van der Waals surface area contributed by atoms with E-state index in [-0.39, 0.29) is 6.10 Å². The topological polar surface area (TPSA) is 90.2 Å². The highest BCUT2D eigenvalue weighted by atomic mass is 16.6. The minimum atomic E-state index is -0.769. The number of rotatable bonds is 2. The highest BCUT2D eigenvalue weighted by Gasteiger charge is 2.24. The summed E-state index contributed by atoms with van der Waals surface area (Å²) in [6, 6.07) is 11.9. The van der Waals surface area contributed by atoms with Crippen LogP contribution in [0.5, 0.6) is 5.75 Å². The Morgan fingerprint density at radius 2 is 2.26 bits per heavy atom. The van der Waals surface area contributed by atoms with Gasteiger partial charge < -0.3 is 15.2 Å². The number of hydrogen-bond acceptors (Lipinski definition) is 4.